The van der Waals surface area contributed by atoms with Gasteiger partial charge in [0.15, 0.2) is 0 Å². The van der Waals surface area contributed by atoms with Crippen molar-refractivity contribution in [2.45, 2.75) is 31.8 Å². The second-order valence-electron chi connectivity index (χ2n) is 3.61. The summed E-state index contributed by atoms with van der Waals surface area (Å²) in [6.07, 6.45) is 2.93. The fourth-order valence-corrected chi connectivity index (χ4v) is 2.54. The van der Waals surface area contributed by atoms with Crippen molar-refractivity contribution in [3.8, 4) is 0 Å². The molecule has 0 aliphatic rings. The molecule has 0 aromatic carbocycles. The third-order valence-corrected chi connectivity index (χ3v) is 4.03. The Balaban J connectivity index is 3.92. The highest BCUT2D eigenvalue weighted by atomic mass is 28.3. The van der Waals surface area contributed by atoms with E-state index in [-0.39, 0.29) is 0 Å². The molecule has 1 unspecified atom stereocenters. The maximum Gasteiger partial charge on any atom is 0.0789 e. The van der Waals surface area contributed by atoms with Crippen molar-refractivity contribution in [3.05, 3.63) is 12.7 Å². The van der Waals surface area contributed by atoms with Gasteiger partial charge in [0.1, 0.15) is 0 Å². The molecule has 0 saturated carbocycles. The Kier molecular flexibility index (Phi) is 3.90. The first-order valence-electron chi connectivity index (χ1n) is 3.66. The fraction of sp³-hybridized carbons (Fsp3) is 0.750. The Morgan fingerprint density at radius 2 is 2.00 bits per heavy atom. The molecule has 0 amide bonds. The average Bonchev–Trinajstić information content (AvgIpc) is 1.80. The minimum atomic E-state index is -1.10. The number of hydrogen-bond donors (Lipinski definition) is 0. The molecule has 0 rings (SSSR count). The van der Waals surface area contributed by atoms with Gasteiger partial charge in [-0.15, -0.1) is 6.58 Å². The third-order valence-electron chi connectivity index (χ3n) is 1.63. The van der Waals surface area contributed by atoms with Crippen LogP contribution < -0.4 is 0 Å². The van der Waals surface area contributed by atoms with Crippen LogP contribution in [0.15, 0.2) is 12.7 Å². The van der Waals surface area contributed by atoms with Gasteiger partial charge >= 0.3 is 0 Å². The van der Waals surface area contributed by atoms with Crippen molar-refractivity contribution in [3.63, 3.8) is 0 Å². The maximum absolute atomic E-state index is 5.35. The van der Waals surface area contributed by atoms with E-state index in [0.717, 1.165) is 6.42 Å². The Morgan fingerprint density at radius 3 is 2.10 bits per heavy atom. The third kappa shape index (κ3) is 3.18. The van der Waals surface area contributed by atoms with Crippen molar-refractivity contribution >= 4 is 8.07 Å². The van der Waals surface area contributed by atoms with Crippen LogP contribution in [-0.2, 0) is 4.74 Å². The lowest BCUT2D eigenvalue weighted by Crippen LogP contribution is -2.39. The average molecular weight is 158 g/mol. The molecule has 60 valence electrons. The summed E-state index contributed by atoms with van der Waals surface area (Å²) in [5, 5.41) is 0. The Morgan fingerprint density at radius 1 is 1.50 bits per heavy atom. The van der Waals surface area contributed by atoms with Gasteiger partial charge in [-0.1, -0.05) is 25.7 Å². The summed E-state index contributed by atoms with van der Waals surface area (Å²) in [6.45, 7) is 10.6. The Labute approximate surface area is 65.1 Å². The van der Waals surface area contributed by atoms with Crippen LogP contribution in [-0.4, -0.2) is 20.9 Å². The van der Waals surface area contributed by atoms with Gasteiger partial charge in [-0.25, -0.2) is 0 Å². The minimum Gasteiger partial charge on any atom is -0.385 e. The van der Waals surface area contributed by atoms with Crippen LogP contribution in [0.4, 0.5) is 0 Å². The van der Waals surface area contributed by atoms with Gasteiger partial charge in [0.25, 0.3) is 0 Å². The van der Waals surface area contributed by atoms with E-state index in [1.54, 1.807) is 7.11 Å². The molecule has 0 aromatic heterocycles. The van der Waals surface area contributed by atoms with Crippen LogP contribution in [0.3, 0.4) is 0 Å². The first-order chi connectivity index (χ1) is 4.52. The molecule has 0 aromatic rings. The summed E-state index contributed by atoms with van der Waals surface area (Å²) < 4.78 is 5.35. The van der Waals surface area contributed by atoms with E-state index in [9.17, 15) is 0 Å². The molecule has 0 aliphatic carbocycles. The first kappa shape index (κ1) is 9.92. The monoisotopic (exact) mass is 158 g/mol. The number of methoxy groups -OCH3 is 1. The van der Waals surface area contributed by atoms with Gasteiger partial charge in [-0.2, -0.15) is 0 Å². The molecule has 2 heteroatoms. The van der Waals surface area contributed by atoms with Crippen molar-refractivity contribution in [2.24, 2.45) is 0 Å². The van der Waals surface area contributed by atoms with Crippen molar-refractivity contribution in [2.75, 3.05) is 7.11 Å². The molecule has 0 fully saturated rings. The van der Waals surface area contributed by atoms with E-state index in [4.69, 9.17) is 4.74 Å². The van der Waals surface area contributed by atoms with Gasteiger partial charge in [-0.05, 0) is 6.42 Å². The van der Waals surface area contributed by atoms with Crippen LogP contribution in [0.5, 0.6) is 0 Å². The molecular formula is C8H18OSi. The topological polar surface area (TPSA) is 9.23 Å². The predicted octanol–water partition coefficient (Wildman–Crippen LogP) is 2.45. The molecule has 0 radical (unpaired) electrons. The van der Waals surface area contributed by atoms with E-state index >= 15 is 0 Å². The van der Waals surface area contributed by atoms with Gasteiger partial charge in [0.05, 0.1) is 13.8 Å². The summed E-state index contributed by atoms with van der Waals surface area (Å²) in [7, 11) is 0.683. The molecule has 0 spiro atoms. The zero-order valence-electron chi connectivity index (χ0n) is 7.48. The minimum absolute atomic E-state index is 0.435. The van der Waals surface area contributed by atoms with E-state index in [2.05, 4.69) is 26.2 Å². The summed E-state index contributed by atoms with van der Waals surface area (Å²) in [5.41, 5.74) is 0.435. The maximum atomic E-state index is 5.35. The number of hydrogen-bond acceptors (Lipinski definition) is 1. The largest absolute Gasteiger partial charge is 0.385 e. The highest BCUT2D eigenvalue weighted by Crippen LogP contribution is 2.14. The first-order valence-corrected chi connectivity index (χ1v) is 7.23. The van der Waals surface area contributed by atoms with Crippen LogP contribution in [0.1, 0.15) is 6.42 Å². The van der Waals surface area contributed by atoms with Crippen molar-refractivity contribution in [1.29, 1.82) is 0 Å². The van der Waals surface area contributed by atoms with E-state index < -0.39 is 8.07 Å². The van der Waals surface area contributed by atoms with Gasteiger partial charge < -0.3 is 4.74 Å². The molecule has 0 N–H and O–H groups in total. The van der Waals surface area contributed by atoms with Crippen LogP contribution in [0.25, 0.3) is 0 Å². The standard InChI is InChI=1S/C8H18OSi/c1-6-7-8(9-2)10(3,4)5/h6,8H,1,7H2,2-5H3. The molecule has 0 saturated heterocycles. The second kappa shape index (κ2) is 3.94. The summed E-state index contributed by atoms with van der Waals surface area (Å²) in [6, 6.07) is 0. The Hall–Kier alpha value is -0.0831. The SMILES string of the molecule is C=CCC(OC)[Si](C)(C)C. The van der Waals surface area contributed by atoms with Gasteiger partial charge in [-0.3, -0.25) is 0 Å². The van der Waals surface area contributed by atoms with E-state index in [1.165, 1.54) is 0 Å². The summed E-state index contributed by atoms with van der Waals surface area (Å²) >= 11 is 0. The lowest BCUT2D eigenvalue weighted by Gasteiger charge is -2.26. The lowest BCUT2D eigenvalue weighted by atomic mass is 10.4. The van der Waals surface area contributed by atoms with Crippen molar-refractivity contribution < 1.29 is 4.74 Å². The molecule has 0 heterocycles. The van der Waals surface area contributed by atoms with Crippen molar-refractivity contribution in [1.82, 2.24) is 0 Å². The lowest BCUT2D eigenvalue weighted by molar-refractivity contribution is 0.160. The Bertz CT molecular complexity index is 104. The second-order valence-corrected chi connectivity index (χ2v) is 8.99. The molecular weight excluding hydrogens is 140 g/mol. The smallest absolute Gasteiger partial charge is 0.0789 e. The normalized spacial score (nSPS) is 14.8. The van der Waals surface area contributed by atoms with Crippen LogP contribution in [0.2, 0.25) is 19.6 Å². The summed E-state index contributed by atoms with van der Waals surface area (Å²) in [4.78, 5) is 0. The molecule has 10 heavy (non-hydrogen) atoms. The summed E-state index contributed by atoms with van der Waals surface area (Å²) in [5.74, 6) is 0. The molecule has 0 aliphatic heterocycles. The highest BCUT2D eigenvalue weighted by molar-refractivity contribution is 6.77. The zero-order chi connectivity index (χ0) is 8.20. The molecule has 1 atom stereocenters. The number of ether oxygens (including phenoxy) is 1. The van der Waals surface area contributed by atoms with Gasteiger partial charge in [0, 0.05) is 7.11 Å². The van der Waals surface area contributed by atoms with E-state index in [0.29, 0.717) is 5.73 Å². The highest BCUT2D eigenvalue weighted by Gasteiger charge is 2.24. The van der Waals surface area contributed by atoms with E-state index in [1.807, 2.05) is 6.08 Å². The quantitative estimate of drug-likeness (QED) is 0.451. The number of rotatable bonds is 4. The molecule has 0 bridgehead atoms. The predicted molar refractivity (Wildman–Crippen MR) is 49.0 cm³/mol. The van der Waals surface area contributed by atoms with Crippen LogP contribution in [0, 0.1) is 0 Å². The fourth-order valence-electron chi connectivity index (χ4n) is 0.955. The zero-order valence-corrected chi connectivity index (χ0v) is 8.48. The molecule has 1 nitrogen and oxygen atoms in total. The van der Waals surface area contributed by atoms with Gasteiger partial charge in [0.2, 0.25) is 0 Å². The van der Waals surface area contributed by atoms with Crippen LogP contribution >= 0.6 is 0 Å².